The fourth-order valence-electron chi connectivity index (χ4n) is 4.56. The van der Waals surface area contributed by atoms with Crippen LogP contribution >= 0.6 is 23.2 Å². The number of urea groups is 1. The molecule has 0 bridgehead atoms. The number of benzene rings is 2. The van der Waals surface area contributed by atoms with Crippen LogP contribution in [0.3, 0.4) is 0 Å². The van der Waals surface area contributed by atoms with E-state index in [0.717, 1.165) is 37.4 Å². The second-order valence-corrected chi connectivity index (χ2v) is 10.1. The van der Waals surface area contributed by atoms with Crippen LogP contribution in [-0.2, 0) is 0 Å². The summed E-state index contributed by atoms with van der Waals surface area (Å²) in [6.45, 7) is 0. The summed E-state index contributed by atoms with van der Waals surface area (Å²) in [5.41, 5.74) is 1.54. The van der Waals surface area contributed by atoms with Gasteiger partial charge in [0, 0.05) is 47.4 Å². The summed E-state index contributed by atoms with van der Waals surface area (Å²) in [6.07, 6.45) is 5.70. The molecule has 0 atom stereocenters. The SMILES string of the molecule is CNC(=O)c1cc(Oc2ccc(NC(=O)Nc3cc(C4CCCC4)nn3-c3cc(Cl)cc(Cl)c3)c(F)c2)ccn1. The van der Waals surface area contributed by atoms with E-state index >= 15 is 0 Å². The molecule has 0 saturated heterocycles. The Labute approximate surface area is 239 Å². The molecule has 0 aliphatic heterocycles. The number of hydrogen-bond acceptors (Lipinski definition) is 5. The van der Waals surface area contributed by atoms with Gasteiger partial charge in [0.05, 0.1) is 17.1 Å². The molecule has 0 radical (unpaired) electrons. The van der Waals surface area contributed by atoms with Gasteiger partial charge in [-0.2, -0.15) is 5.10 Å². The molecule has 2 heterocycles. The van der Waals surface area contributed by atoms with E-state index in [1.54, 1.807) is 28.9 Å². The van der Waals surface area contributed by atoms with Crippen LogP contribution in [0.4, 0.5) is 20.7 Å². The first-order valence-electron chi connectivity index (χ1n) is 12.6. The van der Waals surface area contributed by atoms with Gasteiger partial charge in [-0.3, -0.25) is 15.1 Å². The van der Waals surface area contributed by atoms with Crippen molar-refractivity contribution in [3.8, 4) is 17.2 Å². The summed E-state index contributed by atoms with van der Waals surface area (Å²) in [5.74, 6) is 0.0703. The Morgan fingerprint density at radius 3 is 2.40 bits per heavy atom. The number of carbonyl (C=O) groups is 2. The van der Waals surface area contributed by atoms with Crippen molar-refractivity contribution in [2.75, 3.05) is 17.7 Å². The van der Waals surface area contributed by atoms with Gasteiger partial charge in [-0.15, -0.1) is 0 Å². The molecule has 206 valence electrons. The molecule has 1 aliphatic carbocycles. The van der Waals surface area contributed by atoms with Gasteiger partial charge in [0.15, 0.2) is 0 Å². The van der Waals surface area contributed by atoms with E-state index in [9.17, 15) is 14.0 Å². The van der Waals surface area contributed by atoms with Gasteiger partial charge in [-0.1, -0.05) is 36.0 Å². The van der Waals surface area contributed by atoms with Crippen LogP contribution < -0.4 is 20.7 Å². The fraction of sp³-hybridized carbons (Fsp3) is 0.214. The van der Waals surface area contributed by atoms with Crippen molar-refractivity contribution in [1.82, 2.24) is 20.1 Å². The minimum Gasteiger partial charge on any atom is -0.457 e. The molecule has 1 fully saturated rings. The zero-order valence-electron chi connectivity index (χ0n) is 21.4. The second kappa shape index (κ2) is 11.9. The highest BCUT2D eigenvalue weighted by molar-refractivity contribution is 6.34. The zero-order chi connectivity index (χ0) is 28.2. The molecule has 2 aromatic heterocycles. The summed E-state index contributed by atoms with van der Waals surface area (Å²) >= 11 is 12.4. The van der Waals surface area contributed by atoms with E-state index in [2.05, 4.69) is 20.9 Å². The fourth-order valence-corrected chi connectivity index (χ4v) is 5.08. The second-order valence-electron chi connectivity index (χ2n) is 9.25. The number of rotatable bonds is 7. The van der Waals surface area contributed by atoms with E-state index in [4.69, 9.17) is 33.0 Å². The van der Waals surface area contributed by atoms with E-state index in [-0.39, 0.29) is 29.0 Å². The lowest BCUT2D eigenvalue weighted by Crippen LogP contribution is -2.22. The van der Waals surface area contributed by atoms with Crippen LogP contribution in [0.2, 0.25) is 10.0 Å². The largest absolute Gasteiger partial charge is 0.457 e. The molecule has 3 N–H and O–H groups in total. The number of halogens is 3. The number of hydrogen-bond donors (Lipinski definition) is 3. The number of aromatic nitrogens is 3. The maximum absolute atomic E-state index is 14.9. The van der Waals surface area contributed by atoms with Crippen LogP contribution in [0.5, 0.6) is 11.5 Å². The third kappa shape index (κ3) is 6.35. The average Bonchev–Trinajstić information content (AvgIpc) is 3.60. The molecule has 1 aliphatic rings. The van der Waals surface area contributed by atoms with Gasteiger partial charge in [0.2, 0.25) is 0 Å². The Bertz CT molecular complexity index is 1550. The van der Waals surface area contributed by atoms with Crippen molar-refractivity contribution < 1.29 is 18.7 Å². The third-order valence-electron chi connectivity index (χ3n) is 6.45. The molecule has 40 heavy (non-hydrogen) atoms. The van der Waals surface area contributed by atoms with E-state index in [1.807, 2.05) is 6.07 Å². The highest BCUT2D eigenvalue weighted by Crippen LogP contribution is 2.36. The van der Waals surface area contributed by atoms with Crippen molar-refractivity contribution in [2.45, 2.75) is 31.6 Å². The van der Waals surface area contributed by atoms with Gasteiger partial charge < -0.3 is 15.4 Å². The third-order valence-corrected chi connectivity index (χ3v) is 6.89. The number of pyridine rings is 1. The summed E-state index contributed by atoms with van der Waals surface area (Å²) in [4.78, 5) is 28.7. The highest BCUT2D eigenvalue weighted by atomic mass is 35.5. The van der Waals surface area contributed by atoms with Gasteiger partial charge in [0.1, 0.15) is 28.8 Å². The number of amides is 3. The number of nitrogens with zero attached hydrogens (tertiary/aromatic N) is 3. The highest BCUT2D eigenvalue weighted by Gasteiger charge is 2.23. The number of anilines is 2. The Morgan fingerprint density at radius 2 is 1.70 bits per heavy atom. The summed E-state index contributed by atoms with van der Waals surface area (Å²) in [5, 5.41) is 13.4. The van der Waals surface area contributed by atoms with Crippen LogP contribution in [0.25, 0.3) is 5.69 Å². The van der Waals surface area contributed by atoms with Crippen molar-refractivity contribution >= 4 is 46.6 Å². The molecule has 9 nitrogen and oxygen atoms in total. The zero-order valence-corrected chi connectivity index (χ0v) is 22.9. The Kier molecular flexibility index (Phi) is 8.18. The molecular weight excluding hydrogens is 558 g/mol. The minimum atomic E-state index is -0.713. The molecule has 1 saturated carbocycles. The Morgan fingerprint density at radius 1 is 0.975 bits per heavy atom. The summed E-state index contributed by atoms with van der Waals surface area (Å²) in [7, 11) is 1.49. The van der Waals surface area contributed by atoms with Crippen molar-refractivity contribution in [3.05, 3.63) is 88.0 Å². The van der Waals surface area contributed by atoms with Crippen molar-refractivity contribution in [1.29, 1.82) is 0 Å². The number of carbonyl (C=O) groups excluding carboxylic acids is 2. The lowest BCUT2D eigenvalue weighted by atomic mass is 10.0. The van der Waals surface area contributed by atoms with E-state index < -0.39 is 11.8 Å². The average molecular weight is 583 g/mol. The minimum absolute atomic E-state index is 0.0569. The van der Waals surface area contributed by atoms with Gasteiger partial charge >= 0.3 is 6.03 Å². The first kappa shape index (κ1) is 27.4. The first-order valence-corrected chi connectivity index (χ1v) is 13.3. The van der Waals surface area contributed by atoms with Crippen LogP contribution in [-0.4, -0.2) is 33.8 Å². The summed E-state index contributed by atoms with van der Waals surface area (Å²) < 4.78 is 22.1. The molecule has 0 spiro atoms. The van der Waals surface area contributed by atoms with Gasteiger partial charge in [0.25, 0.3) is 5.91 Å². The lowest BCUT2D eigenvalue weighted by molar-refractivity contribution is 0.0957. The first-order chi connectivity index (χ1) is 19.3. The monoisotopic (exact) mass is 582 g/mol. The Hall–Kier alpha value is -4.15. The number of nitrogens with one attached hydrogen (secondary N) is 3. The standard InChI is InChI=1S/C28H25Cl2FN6O3/c1-32-27(38)25-14-21(8-9-33-25)40-20-6-7-23(22(31)13-20)34-28(39)35-26-15-24(16-4-2-3-5-16)36-37(26)19-11-17(29)10-18(30)12-19/h6-16H,2-5H2,1H3,(H,32,38)(H2,34,35,39). The molecule has 5 rings (SSSR count). The molecular formula is C28H25Cl2FN6O3. The van der Waals surface area contributed by atoms with Crippen molar-refractivity contribution in [3.63, 3.8) is 0 Å². The molecule has 0 unspecified atom stereocenters. The lowest BCUT2D eigenvalue weighted by Gasteiger charge is -2.12. The molecule has 2 aromatic carbocycles. The van der Waals surface area contributed by atoms with Crippen LogP contribution in [0, 0.1) is 5.82 Å². The maximum Gasteiger partial charge on any atom is 0.324 e. The van der Waals surface area contributed by atoms with E-state index in [0.29, 0.717) is 27.3 Å². The predicted molar refractivity (Wildman–Crippen MR) is 152 cm³/mol. The molecule has 3 amide bonds. The Balaban J connectivity index is 1.32. The predicted octanol–water partition coefficient (Wildman–Crippen LogP) is 7.17. The number of ether oxygens (including phenoxy) is 1. The summed E-state index contributed by atoms with van der Waals surface area (Å²) in [6, 6.07) is 13.1. The molecule has 4 aromatic rings. The quantitative estimate of drug-likeness (QED) is 0.214. The molecule has 12 heteroatoms. The smallest absolute Gasteiger partial charge is 0.324 e. The van der Waals surface area contributed by atoms with Gasteiger partial charge in [-0.25, -0.2) is 13.9 Å². The van der Waals surface area contributed by atoms with E-state index in [1.165, 1.54) is 31.4 Å². The normalized spacial score (nSPS) is 13.2. The topological polar surface area (TPSA) is 110 Å². The van der Waals surface area contributed by atoms with Crippen LogP contribution in [0.1, 0.15) is 47.8 Å². The van der Waals surface area contributed by atoms with Gasteiger partial charge in [-0.05, 0) is 49.2 Å². The maximum atomic E-state index is 14.9. The van der Waals surface area contributed by atoms with Crippen LogP contribution in [0.15, 0.2) is 60.8 Å². The van der Waals surface area contributed by atoms with Crippen molar-refractivity contribution in [2.24, 2.45) is 0 Å².